The highest BCUT2D eigenvalue weighted by Gasteiger charge is 2.29. The summed E-state index contributed by atoms with van der Waals surface area (Å²) in [5, 5.41) is 8.74. The minimum Gasteiger partial charge on any atom is -0.369 e. The molecule has 3 N–H and O–H groups in total. The Hall–Kier alpha value is -2.73. The number of nitrogens with one attached hydrogen (secondary N) is 1. The molecule has 0 aliphatic carbocycles. The van der Waals surface area contributed by atoms with Gasteiger partial charge in [0.1, 0.15) is 5.82 Å². The number of primary sulfonamides is 1. The highest BCUT2D eigenvalue weighted by Crippen LogP contribution is 2.39. The summed E-state index contributed by atoms with van der Waals surface area (Å²) in [7, 11) is -1.73. The van der Waals surface area contributed by atoms with E-state index in [0.29, 0.717) is 17.5 Å². The first kappa shape index (κ1) is 27.3. The fraction of sp³-hybridized carbons (Fsp3) is 0.385. The number of piperazine rings is 1. The summed E-state index contributed by atoms with van der Waals surface area (Å²) in [4.78, 5) is 16.1. The van der Waals surface area contributed by atoms with Gasteiger partial charge in [0.25, 0.3) is 0 Å². The summed E-state index contributed by atoms with van der Waals surface area (Å²) in [6.07, 6.45) is 1.76. The maximum Gasteiger partial charge on any atom is 0.238 e. The first-order valence-corrected chi connectivity index (χ1v) is 14.4. The number of benzene rings is 2. The molecule has 0 atom stereocenters. The van der Waals surface area contributed by atoms with E-state index in [0.717, 1.165) is 41.9 Å². The van der Waals surface area contributed by atoms with Gasteiger partial charge in [0.15, 0.2) is 0 Å². The van der Waals surface area contributed by atoms with Crippen LogP contribution in [0.1, 0.15) is 26.3 Å². The number of aromatic nitrogens is 2. The van der Waals surface area contributed by atoms with Crippen LogP contribution in [0.4, 0.5) is 28.8 Å². The number of nitrogens with zero attached hydrogens (tertiary/aromatic N) is 5. The van der Waals surface area contributed by atoms with Crippen LogP contribution in [0, 0.1) is 6.92 Å². The van der Waals surface area contributed by atoms with Crippen LogP contribution < -0.4 is 20.3 Å². The molecule has 4 rings (SSSR count). The lowest BCUT2D eigenvalue weighted by atomic mass is 10.0. The van der Waals surface area contributed by atoms with Gasteiger partial charge in [-0.15, -0.1) is 0 Å². The topological polar surface area (TPSA) is 108 Å². The van der Waals surface area contributed by atoms with Crippen LogP contribution >= 0.6 is 15.9 Å². The Morgan fingerprint density at radius 1 is 1.05 bits per heavy atom. The molecule has 1 aliphatic heterocycles. The molecule has 1 saturated heterocycles. The Morgan fingerprint density at radius 3 is 2.30 bits per heavy atom. The zero-order valence-electron chi connectivity index (χ0n) is 21.9. The fourth-order valence-corrected chi connectivity index (χ4v) is 5.26. The molecule has 0 bridgehead atoms. The summed E-state index contributed by atoms with van der Waals surface area (Å²) in [6, 6.07) is 13.0. The smallest absolute Gasteiger partial charge is 0.238 e. The van der Waals surface area contributed by atoms with Crippen molar-refractivity contribution in [1.82, 2.24) is 14.9 Å². The molecule has 0 amide bonds. The highest BCUT2D eigenvalue weighted by atomic mass is 79.9. The predicted octanol–water partition coefficient (Wildman–Crippen LogP) is 4.63. The van der Waals surface area contributed by atoms with Crippen LogP contribution in [0.15, 0.2) is 58.0 Å². The van der Waals surface area contributed by atoms with E-state index in [1.54, 1.807) is 18.3 Å². The van der Waals surface area contributed by atoms with Crippen molar-refractivity contribution in [2.45, 2.75) is 38.1 Å². The Labute approximate surface area is 227 Å². The second kappa shape index (κ2) is 10.6. The highest BCUT2D eigenvalue weighted by molar-refractivity contribution is 9.10. The molecule has 1 aromatic heterocycles. The maximum atomic E-state index is 12.1. The lowest BCUT2D eigenvalue weighted by Gasteiger charge is -2.38. The minimum absolute atomic E-state index is 0.0328. The zero-order chi connectivity index (χ0) is 27.0. The largest absolute Gasteiger partial charge is 0.369 e. The van der Waals surface area contributed by atoms with Crippen molar-refractivity contribution >= 4 is 54.8 Å². The van der Waals surface area contributed by atoms with Gasteiger partial charge in [-0.25, -0.2) is 18.5 Å². The van der Waals surface area contributed by atoms with Crippen molar-refractivity contribution in [2.75, 3.05) is 48.3 Å². The molecule has 11 heteroatoms. The molecule has 1 fully saturated rings. The maximum absolute atomic E-state index is 12.1. The first-order chi connectivity index (χ1) is 17.3. The number of sulfonamides is 1. The van der Waals surface area contributed by atoms with E-state index >= 15 is 0 Å². The van der Waals surface area contributed by atoms with Gasteiger partial charge in [0.05, 0.1) is 10.6 Å². The van der Waals surface area contributed by atoms with E-state index in [1.807, 2.05) is 44.7 Å². The standard InChI is InChI=1S/C26H34BrN7O2S/c1-18-17-29-25(30-19-6-8-20(9-7-19)33-14-12-32(5)13-15-33)31-24(18)34(26(2,3)4)23-16-21(37(28,35)36)10-11-22(23)27/h6-11,16-17H,12-15H2,1-5H3,(H2,28,35,36)(H,29,30,31). The Kier molecular flexibility index (Phi) is 7.80. The van der Waals surface area contributed by atoms with Gasteiger partial charge in [0, 0.05) is 59.3 Å². The van der Waals surface area contributed by atoms with Crippen LogP contribution in [0.3, 0.4) is 0 Å². The third-order valence-corrected chi connectivity index (χ3v) is 7.89. The number of halogens is 1. The van der Waals surface area contributed by atoms with Gasteiger partial charge in [-0.3, -0.25) is 0 Å². The molecule has 1 aliphatic rings. The number of nitrogens with two attached hydrogens (primary N) is 1. The average Bonchev–Trinajstić information content (AvgIpc) is 2.82. The van der Waals surface area contributed by atoms with Crippen molar-refractivity contribution in [2.24, 2.45) is 5.14 Å². The van der Waals surface area contributed by atoms with Crippen LogP contribution in [-0.4, -0.2) is 62.1 Å². The van der Waals surface area contributed by atoms with E-state index in [9.17, 15) is 8.42 Å². The van der Waals surface area contributed by atoms with Crippen molar-refractivity contribution in [1.29, 1.82) is 0 Å². The SMILES string of the molecule is Cc1cnc(Nc2ccc(N3CCN(C)CC3)cc2)nc1N(c1cc(S(N)(=O)=O)ccc1Br)C(C)(C)C. The lowest BCUT2D eigenvalue weighted by Crippen LogP contribution is -2.44. The summed E-state index contributed by atoms with van der Waals surface area (Å²) in [5.74, 6) is 1.10. The molecule has 9 nitrogen and oxygen atoms in total. The van der Waals surface area contributed by atoms with Gasteiger partial charge in [-0.1, -0.05) is 0 Å². The van der Waals surface area contributed by atoms with Crippen LogP contribution in [0.2, 0.25) is 0 Å². The molecule has 0 spiro atoms. The normalized spacial score (nSPS) is 15.1. The molecule has 2 heterocycles. The third-order valence-electron chi connectivity index (χ3n) is 6.31. The van der Waals surface area contributed by atoms with E-state index in [2.05, 4.69) is 55.2 Å². The van der Waals surface area contributed by atoms with Crippen molar-refractivity contribution in [3.8, 4) is 0 Å². The van der Waals surface area contributed by atoms with Gasteiger partial charge < -0.3 is 20.0 Å². The predicted molar refractivity (Wildman–Crippen MR) is 154 cm³/mol. The Morgan fingerprint density at radius 2 is 1.70 bits per heavy atom. The molecule has 2 aromatic carbocycles. The number of rotatable bonds is 6. The minimum atomic E-state index is -3.88. The van der Waals surface area contributed by atoms with Crippen LogP contribution in [-0.2, 0) is 10.0 Å². The number of hydrogen-bond acceptors (Lipinski definition) is 8. The zero-order valence-corrected chi connectivity index (χ0v) is 24.3. The number of likely N-dealkylation sites (N-methyl/N-ethyl adjacent to an activating group) is 1. The van der Waals surface area contributed by atoms with Gasteiger partial charge in [-0.2, -0.15) is 4.98 Å². The van der Waals surface area contributed by atoms with Gasteiger partial charge in [0.2, 0.25) is 16.0 Å². The molecule has 37 heavy (non-hydrogen) atoms. The molecule has 0 unspecified atom stereocenters. The van der Waals surface area contributed by atoms with E-state index in [1.165, 1.54) is 11.8 Å². The van der Waals surface area contributed by atoms with Crippen molar-refractivity contribution < 1.29 is 8.42 Å². The van der Waals surface area contributed by atoms with Crippen LogP contribution in [0.25, 0.3) is 0 Å². The monoisotopic (exact) mass is 587 g/mol. The summed E-state index contributed by atoms with van der Waals surface area (Å²) in [5.41, 5.74) is 3.12. The third kappa shape index (κ3) is 6.40. The molecule has 0 saturated carbocycles. The molecule has 3 aromatic rings. The first-order valence-electron chi connectivity index (χ1n) is 12.1. The second-order valence-corrected chi connectivity index (χ2v) is 12.7. The summed E-state index contributed by atoms with van der Waals surface area (Å²) < 4.78 is 24.9. The van der Waals surface area contributed by atoms with E-state index in [4.69, 9.17) is 10.1 Å². The van der Waals surface area contributed by atoms with Gasteiger partial charge in [-0.05, 0) is 93.1 Å². The Bertz CT molecular complexity index is 1370. The fourth-order valence-electron chi connectivity index (χ4n) is 4.30. The second-order valence-electron chi connectivity index (χ2n) is 10.3. The lowest BCUT2D eigenvalue weighted by molar-refractivity contribution is 0.313. The number of aryl methyl sites for hydroxylation is 1. The summed E-state index contributed by atoms with van der Waals surface area (Å²) >= 11 is 3.58. The number of anilines is 5. The average molecular weight is 589 g/mol. The molecular formula is C26H34BrN7O2S. The number of hydrogen-bond donors (Lipinski definition) is 2. The van der Waals surface area contributed by atoms with Crippen LogP contribution in [0.5, 0.6) is 0 Å². The van der Waals surface area contributed by atoms with Gasteiger partial charge >= 0.3 is 0 Å². The quantitative estimate of drug-likeness (QED) is 0.430. The molecule has 198 valence electrons. The van der Waals surface area contributed by atoms with E-state index in [-0.39, 0.29) is 4.90 Å². The van der Waals surface area contributed by atoms with Crippen molar-refractivity contribution in [3.63, 3.8) is 0 Å². The molecular weight excluding hydrogens is 554 g/mol. The Balaban J connectivity index is 1.65. The summed E-state index contributed by atoms with van der Waals surface area (Å²) in [6.45, 7) is 12.2. The molecule has 0 radical (unpaired) electrons. The van der Waals surface area contributed by atoms with E-state index < -0.39 is 15.6 Å². The van der Waals surface area contributed by atoms with Crippen molar-refractivity contribution in [3.05, 3.63) is 58.7 Å².